The van der Waals surface area contributed by atoms with Crippen LogP contribution >= 0.6 is 0 Å². The van der Waals surface area contributed by atoms with E-state index in [2.05, 4.69) is 31.1 Å². The Hall–Kier alpha value is -3.83. The number of nitrogens with zero attached hydrogens (tertiary/aromatic N) is 4. The third kappa shape index (κ3) is 2.93. The summed E-state index contributed by atoms with van der Waals surface area (Å²) in [5.74, 6) is 2.09. The van der Waals surface area contributed by atoms with Crippen LogP contribution in [-0.2, 0) is 0 Å². The van der Waals surface area contributed by atoms with E-state index in [1.165, 1.54) is 24.3 Å². The van der Waals surface area contributed by atoms with Crippen LogP contribution in [-0.4, -0.2) is 45.2 Å². The van der Waals surface area contributed by atoms with Gasteiger partial charge in [-0.3, -0.25) is 4.98 Å². The molecular weight excluding hydrogens is 424 g/mol. The van der Waals surface area contributed by atoms with E-state index in [0.29, 0.717) is 39.9 Å². The fourth-order valence-corrected chi connectivity index (χ4v) is 5.13. The lowest BCUT2D eigenvalue weighted by Crippen LogP contribution is -2.44. The van der Waals surface area contributed by atoms with Gasteiger partial charge in [-0.25, -0.2) is 18.7 Å². The normalized spacial score (nSPS) is 19.5. The van der Waals surface area contributed by atoms with Gasteiger partial charge in [-0.1, -0.05) is 12.0 Å². The van der Waals surface area contributed by atoms with E-state index in [4.69, 9.17) is 6.42 Å². The number of fused-ring (bicyclic) bond motifs is 4. The van der Waals surface area contributed by atoms with Gasteiger partial charge in [-0.05, 0) is 36.9 Å². The Morgan fingerprint density at radius 1 is 1.24 bits per heavy atom. The van der Waals surface area contributed by atoms with Gasteiger partial charge in [0.25, 0.3) is 0 Å². The van der Waals surface area contributed by atoms with Crippen molar-refractivity contribution in [1.82, 2.24) is 20.3 Å². The van der Waals surface area contributed by atoms with Crippen molar-refractivity contribution in [1.29, 1.82) is 0 Å². The molecule has 164 valence electrons. The number of rotatable bonds is 2. The van der Waals surface area contributed by atoms with Crippen LogP contribution in [0.3, 0.4) is 0 Å². The smallest absolute Gasteiger partial charge is 0.175 e. The van der Waals surface area contributed by atoms with Crippen molar-refractivity contribution in [2.45, 2.75) is 25.4 Å². The van der Waals surface area contributed by atoms with Gasteiger partial charge in [0.1, 0.15) is 34.4 Å². The summed E-state index contributed by atoms with van der Waals surface area (Å²) in [6.45, 7) is 3.38. The molecule has 33 heavy (non-hydrogen) atoms. The number of hydrogen-bond donors (Lipinski definition) is 2. The van der Waals surface area contributed by atoms with E-state index in [1.54, 1.807) is 13.1 Å². The third-order valence-corrected chi connectivity index (χ3v) is 6.56. The molecule has 2 atom stereocenters. The highest BCUT2D eigenvalue weighted by Crippen LogP contribution is 2.39. The van der Waals surface area contributed by atoms with Crippen LogP contribution in [0.25, 0.3) is 32.9 Å². The minimum Gasteiger partial charge on any atom is -0.508 e. The molecule has 6 rings (SSSR count). The highest BCUT2D eigenvalue weighted by Gasteiger charge is 2.39. The molecule has 4 heterocycles. The maximum atomic E-state index is 16.0. The Morgan fingerprint density at radius 2 is 2.09 bits per heavy atom. The topological polar surface area (TPSA) is 74.2 Å². The molecule has 0 aliphatic carbocycles. The van der Waals surface area contributed by atoms with E-state index in [9.17, 15) is 9.50 Å². The third-order valence-electron chi connectivity index (χ3n) is 6.56. The van der Waals surface area contributed by atoms with Gasteiger partial charge < -0.3 is 15.3 Å². The average Bonchev–Trinajstić information content (AvgIpc) is 3.43. The summed E-state index contributed by atoms with van der Waals surface area (Å²) in [5.41, 5.74) is 0.274. The summed E-state index contributed by atoms with van der Waals surface area (Å²) in [6.07, 6.45) is 8.14. The molecule has 2 aromatic heterocycles. The second kappa shape index (κ2) is 7.09. The molecule has 0 spiro atoms. The van der Waals surface area contributed by atoms with E-state index in [1.807, 2.05) is 0 Å². The average molecular weight is 443 g/mol. The molecule has 4 aromatic rings. The van der Waals surface area contributed by atoms with Crippen molar-refractivity contribution >= 4 is 27.5 Å². The number of pyridine rings is 1. The van der Waals surface area contributed by atoms with Crippen LogP contribution in [0.4, 0.5) is 14.6 Å². The standard InChI is InChI=1S/C25H19F2N5O/c1-3-17-20(26)5-4-13-6-16(33)8-18(21(13)17)23-22(27)24-19(10-29-23)25(31-12(2)30-24)32-11-14-7-15(32)9-28-14/h1,4-6,8,10,14-15,28,33H,7,9,11H2,2H3/t14-,15-/m1/s1. The van der Waals surface area contributed by atoms with Crippen molar-refractivity contribution in [3.05, 3.63) is 53.5 Å². The number of piperazine rings is 1. The van der Waals surface area contributed by atoms with Crippen LogP contribution < -0.4 is 10.2 Å². The summed E-state index contributed by atoms with van der Waals surface area (Å²) in [6, 6.07) is 6.22. The second-order valence-electron chi connectivity index (χ2n) is 8.58. The lowest BCUT2D eigenvalue weighted by atomic mass is 9.96. The molecule has 2 N–H and O–H groups in total. The SMILES string of the molecule is C#Cc1c(F)ccc2cc(O)cc(-c3ncc4c(N5C[C@H]6C[C@@H]5CN6)nc(C)nc4c3F)c12. The molecule has 0 amide bonds. The zero-order valence-corrected chi connectivity index (χ0v) is 17.7. The van der Waals surface area contributed by atoms with Crippen molar-refractivity contribution in [2.75, 3.05) is 18.0 Å². The first-order chi connectivity index (χ1) is 15.9. The van der Waals surface area contributed by atoms with Crippen molar-refractivity contribution in [3.8, 4) is 29.4 Å². The first kappa shape index (κ1) is 19.8. The lowest BCUT2D eigenvalue weighted by molar-refractivity contribution is 0.476. The number of terminal acetylenes is 1. The molecule has 2 bridgehead atoms. The number of hydrogen-bond acceptors (Lipinski definition) is 6. The predicted octanol–water partition coefficient (Wildman–Crippen LogP) is 3.67. The van der Waals surface area contributed by atoms with Crippen molar-refractivity contribution < 1.29 is 13.9 Å². The van der Waals surface area contributed by atoms with Gasteiger partial charge >= 0.3 is 0 Å². The zero-order chi connectivity index (χ0) is 22.9. The number of benzene rings is 2. The lowest BCUT2D eigenvalue weighted by Gasteiger charge is -2.29. The molecule has 2 fully saturated rings. The second-order valence-corrected chi connectivity index (χ2v) is 8.58. The first-order valence-corrected chi connectivity index (χ1v) is 10.7. The molecule has 2 saturated heterocycles. The summed E-state index contributed by atoms with van der Waals surface area (Å²) in [4.78, 5) is 15.6. The molecule has 2 aliphatic heterocycles. The number of nitrogens with one attached hydrogen (secondary N) is 1. The minimum absolute atomic E-state index is 0.0102. The fraction of sp³-hybridized carbons (Fsp3) is 0.240. The Bertz CT molecular complexity index is 1510. The Kier molecular flexibility index (Phi) is 4.26. The van der Waals surface area contributed by atoms with Gasteiger partial charge in [-0.2, -0.15) is 0 Å². The number of aromatic hydroxyl groups is 1. The van der Waals surface area contributed by atoms with Crippen LogP contribution in [0, 0.1) is 30.9 Å². The van der Waals surface area contributed by atoms with Crippen LogP contribution in [0.2, 0.25) is 0 Å². The maximum Gasteiger partial charge on any atom is 0.175 e. The highest BCUT2D eigenvalue weighted by atomic mass is 19.1. The number of phenolic OH excluding ortho intramolecular Hbond substituents is 1. The molecule has 6 nitrogen and oxygen atoms in total. The van der Waals surface area contributed by atoms with Gasteiger partial charge in [0, 0.05) is 42.3 Å². The largest absolute Gasteiger partial charge is 0.508 e. The van der Waals surface area contributed by atoms with Gasteiger partial charge in [0.05, 0.1) is 10.9 Å². The number of aryl methyl sites for hydroxylation is 1. The Balaban J connectivity index is 1.62. The number of phenols is 1. The molecule has 0 radical (unpaired) electrons. The summed E-state index contributed by atoms with van der Waals surface area (Å²) in [7, 11) is 0. The van der Waals surface area contributed by atoms with Crippen LogP contribution in [0.15, 0.2) is 30.5 Å². The number of anilines is 1. The summed E-state index contributed by atoms with van der Waals surface area (Å²) >= 11 is 0. The van der Waals surface area contributed by atoms with Crippen molar-refractivity contribution in [2.24, 2.45) is 0 Å². The zero-order valence-electron chi connectivity index (χ0n) is 17.7. The number of halogens is 2. The van der Waals surface area contributed by atoms with Gasteiger partial charge in [0.2, 0.25) is 0 Å². The highest BCUT2D eigenvalue weighted by molar-refractivity contribution is 6.03. The van der Waals surface area contributed by atoms with Crippen molar-refractivity contribution in [3.63, 3.8) is 0 Å². The Morgan fingerprint density at radius 3 is 2.82 bits per heavy atom. The molecule has 2 aromatic carbocycles. The minimum atomic E-state index is -0.666. The Labute approximate surface area is 188 Å². The summed E-state index contributed by atoms with van der Waals surface area (Å²) < 4.78 is 30.4. The van der Waals surface area contributed by atoms with Gasteiger partial charge in [0.15, 0.2) is 5.82 Å². The van der Waals surface area contributed by atoms with E-state index in [0.717, 1.165) is 19.5 Å². The molecule has 0 unspecified atom stereocenters. The molecule has 8 heteroatoms. The van der Waals surface area contributed by atoms with E-state index in [-0.39, 0.29) is 28.1 Å². The monoisotopic (exact) mass is 443 g/mol. The quantitative estimate of drug-likeness (QED) is 0.461. The molecule has 0 saturated carbocycles. The van der Waals surface area contributed by atoms with E-state index >= 15 is 4.39 Å². The van der Waals surface area contributed by atoms with Gasteiger partial charge in [-0.15, -0.1) is 6.42 Å². The first-order valence-electron chi connectivity index (χ1n) is 10.7. The molecule has 2 aliphatic rings. The van der Waals surface area contributed by atoms with Crippen LogP contribution in [0.5, 0.6) is 5.75 Å². The number of aromatic nitrogens is 3. The fourth-order valence-electron chi connectivity index (χ4n) is 5.13. The van der Waals surface area contributed by atoms with Crippen LogP contribution in [0.1, 0.15) is 17.8 Å². The van der Waals surface area contributed by atoms with E-state index < -0.39 is 11.6 Å². The summed E-state index contributed by atoms with van der Waals surface area (Å²) in [5, 5.41) is 15.0. The molecular formula is C25H19F2N5O. The predicted molar refractivity (Wildman–Crippen MR) is 122 cm³/mol. The maximum absolute atomic E-state index is 16.0.